The normalized spacial score (nSPS) is 24.8. The van der Waals surface area contributed by atoms with E-state index in [9.17, 15) is 9.90 Å². The van der Waals surface area contributed by atoms with Gasteiger partial charge in [-0.05, 0) is 25.7 Å². The highest BCUT2D eigenvalue weighted by atomic mass is 16.4. The van der Waals surface area contributed by atoms with Gasteiger partial charge in [-0.3, -0.25) is 0 Å². The molecule has 0 heterocycles. The van der Waals surface area contributed by atoms with Gasteiger partial charge in [0.25, 0.3) is 0 Å². The predicted octanol–water partition coefficient (Wildman–Crippen LogP) is 1.79. The van der Waals surface area contributed by atoms with Gasteiger partial charge in [0, 0.05) is 0 Å². The van der Waals surface area contributed by atoms with E-state index in [1.165, 1.54) is 19.8 Å². The van der Waals surface area contributed by atoms with Crippen molar-refractivity contribution in [2.45, 2.75) is 51.0 Å². The summed E-state index contributed by atoms with van der Waals surface area (Å²) in [6.45, 7) is 1.42. The highest BCUT2D eigenvalue weighted by Gasteiger charge is 2.38. The monoisotopic (exact) mass is 186 g/mol. The average molecular weight is 186 g/mol. The smallest absolute Gasteiger partial charge is 0.335 e. The molecule has 13 heavy (non-hydrogen) atoms. The van der Waals surface area contributed by atoms with Crippen molar-refractivity contribution in [1.29, 1.82) is 0 Å². The Hall–Kier alpha value is -0.570. The maximum Gasteiger partial charge on any atom is 0.335 e. The fraction of sp³-hybridized carbons (Fsp3) is 0.900. The van der Waals surface area contributed by atoms with Crippen molar-refractivity contribution in [1.82, 2.24) is 0 Å². The Morgan fingerprint density at radius 1 is 1.23 bits per heavy atom. The first-order valence-electron chi connectivity index (χ1n) is 5.01. The largest absolute Gasteiger partial charge is 0.479 e. The lowest BCUT2D eigenvalue weighted by Gasteiger charge is -2.27. The summed E-state index contributed by atoms with van der Waals surface area (Å²) in [4.78, 5) is 10.8. The number of rotatable bonds is 2. The fourth-order valence-corrected chi connectivity index (χ4v) is 2.02. The molecule has 3 nitrogen and oxygen atoms in total. The fourth-order valence-electron chi connectivity index (χ4n) is 2.02. The van der Waals surface area contributed by atoms with Crippen LogP contribution in [-0.2, 0) is 4.79 Å². The minimum absolute atomic E-state index is 0.0625. The number of aliphatic hydroxyl groups is 1. The van der Waals surface area contributed by atoms with Crippen LogP contribution in [0.4, 0.5) is 0 Å². The van der Waals surface area contributed by atoms with Gasteiger partial charge >= 0.3 is 5.97 Å². The summed E-state index contributed by atoms with van der Waals surface area (Å²) < 4.78 is 0. The van der Waals surface area contributed by atoms with Gasteiger partial charge in [-0.25, -0.2) is 4.79 Å². The molecule has 1 unspecified atom stereocenters. The number of aliphatic carboxylic acids is 1. The van der Waals surface area contributed by atoms with Crippen LogP contribution < -0.4 is 0 Å². The van der Waals surface area contributed by atoms with E-state index in [0.29, 0.717) is 0 Å². The molecule has 1 fully saturated rings. The Balaban J connectivity index is 2.62. The van der Waals surface area contributed by atoms with Crippen LogP contribution in [0.1, 0.15) is 45.4 Å². The first kappa shape index (κ1) is 10.5. The van der Waals surface area contributed by atoms with E-state index in [0.717, 1.165) is 25.7 Å². The second kappa shape index (κ2) is 4.09. The molecule has 3 heteroatoms. The highest BCUT2D eigenvalue weighted by Crippen LogP contribution is 2.31. The van der Waals surface area contributed by atoms with E-state index in [2.05, 4.69) is 0 Å². The highest BCUT2D eigenvalue weighted by molar-refractivity contribution is 5.76. The first-order valence-corrected chi connectivity index (χ1v) is 5.01. The van der Waals surface area contributed by atoms with Crippen LogP contribution in [0.15, 0.2) is 0 Å². The van der Waals surface area contributed by atoms with Crippen molar-refractivity contribution >= 4 is 5.97 Å². The lowest BCUT2D eigenvalue weighted by atomic mass is 9.83. The summed E-state index contributed by atoms with van der Waals surface area (Å²) >= 11 is 0. The van der Waals surface area contributed by atoms with Gasteiger partial charge in [0.05, 0.1) is 0 Å². The number of hydrogen-bond donors (Lipinski definition) is 2. The molecule has 1 atom stereocenters. The summed E-state index contributed by atoms with van der Waals surface area (Å²) in [6.07, 6.45) is 6.14. The molecular formula is C10H18O3. The topological polar surface area (TPSA) is 57.5 Å². The van der Waals surface area contributed by atoms with Crippen LogP contribution in [0.3, 0.4) is 0 Å². The van der Waals surface area contributed by atoms with E-state index < -0.39 is 11.6 Å². The molecule has 1 saturated carbocycles. The molecule has 1 aliphatic carbocycles. The first-order chi connectivity index (χ1) is 6.05. The Morgan fingerprint density at radius 2 is 1.69 bits per heavy atom. The zero-order valence-corrected chi connectivity index (χ0v) is 8.12. The molecule has 0 radical (unpaired) electrons. The maximum absolute atomic E-state index is 10.8. The Bertz CT molecular complexity index is 179. The van der Waals surface area contributed by atoms with Gasteiger partial charge in [0.1, 0.15) is 0 Å². The number of hydrogen-bond acceptors (Lipinski definition) is 2. The third kappa shape index (κ3) is 2.44. The van der Waals surface area contributed by atoms with Crippen molar-refractivity contribution in [2.24, 2.45) is 5.92 Å². The van der Waals surface area contributed by atoms with Crippen molar-refractivity contribution in [3.8, 4) is 0 Å². The van der Waals surface area contributed by atoms with Gasteiger partial charge < -0.3 is 10.2 Å². The standard InChI is InChI=1S/C10H18O3/c1-10(13,9(11)12)8-6-4-2-3-5-7-8/h8,13H,2-7H2,1H3,(H,11,12). The molecule has 0 aliphatic heterocycles. The van der Waals surface area contributed by atoms with E-state index >= 15 is 0 Å². The van der Waals surface area contributed by atoms with Gasteiger partial charge in [0.2, 0.25) is 0 Å². The molecule has 1 rings (SSSR count). The summed E-state index contributed by atoms with van der Waals surface area (Å²) in [5.41, 5.74) is -1.52. The zero-order chi connectivity index (χ0) is 9.90. The van der Waals surface area contributed by atoms with Gasteiger partial charge in [-0.1, -0.05) is 25.7 Å². The molecule has 76 valence electrons. The molecule has 0 aromatic rings. The molecular weight excluding hydrogens is 168 g/mol. The summed E-state index contributed by atoms with van der Waals surface area (Å²) in [5.74, 6) is -1.15. The number of carboxylic acid groups (broad SMARTS) is 1. The third-order valence-corrected chi connectivity index (χ3v) is 3.08. The second-order valence-corrected chi connectivity index (χ2v) is 4.14. The zero-order valence-electron chi connectivity index (χ0n) is 8.12. The van der Waals surface area contributed by atoms with E-state index in [-0.39, 0.29) is 5.92 Å². The van der Waals surface area contributed by atoms with Crippen LogP contribution >= 0.6 is 0 Å². The Kier molecular flexibility index (Phi) is 3.31. The molecule has 2 N–H and O–H groups in total. The SMILES string of the molecule is CC(O)(C(=O)O)C1CCCCCC1. The van der Waals surface area contributed by atoms with Crippen molar-refractivity contribution in [3.63, 3.8) is 0 Å². The van der Waals surface area contributed by atoms with Crippen molar-refractivity contribution < 1.29 is 15.0 Å². The summed E-state index contributed by atoms with van der Waals surface area (Å²) in [6, 6.07) is 0. The Labute approximate surface area is 78.8 Å². The van der Waals surface area contributed by atoms with Crippen LogP contribution in [-0.4, -0.2) is 21.8 Å². The third-order valence-electron chi connectivity index (χ3n) is 3.08. The van der Waals surface area contributed by atoms with Gasteiger partial charge in [-0.15, -0.1) is 0 Å². The van der Waals surface area contributed by atoms with Crippen LogP contribution in [0, 0.1) is 5.92 Å². The minimum atomic E-state index is -1.52. The van der Waals surface area contributed by atoms with Crippen LogP contribution in [0.5, 0.6) is 0 Å². The molecule has 0 saturated heterocycles. The van der Waals surface area contributed by atoms with Crippen LogP contribution in [0.2, 0.25) is 0 Å². The Morgan fingerprint density at radius 3 is 2.08 bits per heavy atom. The van der Waals surface area contributed by atoms with E-state index in [1.807, 2.05) is 0 Å². The van der Waals surface area contributed by atoms with E-state index in [4.69, 9.17) is 5.11 Å². The quantitative estimate of drug-likeness (QED) is 0.646. The predicted molar refractivity (Wildman–Crippen MR) is 49.5 cm³/mol. The molecule has 0 amide bonds. The van der Waals surface area contributed by atoms with Crippen molar-refractivity contribution in [3.05, 3.63) is 0 Å². The molecule has 0 bridgehead atoms. The molecule has 0 aromatic carbocycles. The van der Waals surface area contributed by atoms with Crippen LogP contribution in [0.25, 0.3) is 0 Å². The minimum Gasteiger partial charge on any atom is -0.479 e. The average Bonchev–Trinajstić information content (AvgIpc) is 2.31. The lowest BCUT2D eigenvalue weighted by Crippen LogP contribution is -2.42. The lowest BCUT2D eigenvalue weighted by molar-refractivity contribution is -0.163. The second-order valence-electron chi connectivity index (χ2n) is 4.14. The van der Waals surface area contributed by atoms with Crippen molar-refractivity contribution in [2.75, 3.05) is 0 Å². The number of carboxylic acids is 1. The summed E-state index contributed by atoms with van der Waals surface area (Å²) in [7, 11) is 0. The van der Waals surface area contributed by atoms with Gasteiger partial charge in [-0.2, -0.15) is 0 Å². The van der Waals surface area contributed by atoms with E-state index in [1.54, 1.807) is 0 Å². The maximum atomic E-state index is 10.8. The molecule has 0 aromatic heterocycles. The molecule has 0 spiro atoms. The number of carbonyl (C=O) groups is 1. The van der Waals surface area contributed by atoms with Gasteiger partial charge in [0.15, 0.2) is 5.60 Å². The molecule has 1 aliphatic rings. The summed E-state index contributed by atoms with van der Waals surface area (Å²) in [5, 5.41) is 18.6.